The Morgan fingerprint density at radius 2 is 1.74 bits per heavy atom. The first kappa shape index (κ1) is 16.2. The van der Waals surface area contributed by atoms with E-state index in [0.29, 0.717) is 22.5 Å². The fourth-order valence-corrected chi connectivity index (χ4v) is 4.14. The molecule has 0 saturated carbocycles. The van der Waals surface area contributed by atoms with E-state index in [1.807, 2.05) is 20.8 Å². The summed E-state index contributed by atoms with van der Waals surface area (Å²) in [6, 6.07) is -0.0836. The van der Waals surface area contributed by atoms with Gasteiger partial charge in [0, 0.05) is 25.3 Å². The number of piperazine rings is 3. The molecule has 0 radical (unpaired) electrons. The van der Waals surface area contributed by atoms with E-state index >= 15 is 0 Å². The Bertz CT molecular complexity index is 628. The Labute approximate surface area is 137 Å². The summed E-state index contributed by atoms with van der Waals surface area (Å²) < 4.78 is 5.71. The van der Waals surface area contributed by atoms with Crippen molar-refractivity contribution in [2.24, 2.45) is 0 Å². The number of esters is 1. The van der Waals surface area contributed by atoms with Gasteiger partial charge in [0.25, 0.3) is 0 Å². The molecule has 4 rings (SSSR count). The molecule has 1 aromatic rings. The predicted octanol–water partition coefficient (Wildman–Crippen LogP) is 1.14. The molecule has 0 unspecified atom stereocenters. The zero-order valence-corrected chi connectivity index (χ0v) is 14.4. The number of methoxy groups -OCH3 is 1. The third-order valence-electron chi connectivity index (χ3n) is 5.86. The number of hydrogen-bond acceptors (Lipinski definition) is 4. The van der Waals surface area contributed by atoms with Gasteiger partial charge in [-0.1, -0.05) is 0 Å². The van der Waals surface area contributed by atoms with Gasteiger partial charge in [0.1, 0.15) is 0 Å². The molecule has 0 aliphatic carbocycles. The van der Waals surface area contributed by atoms with E-state index in [2.05, 4.69) is 9.88 Å². The second-order valence-electron chi connectivity index (χ2n) is 6.89. The van der Waals surface area contributed by atoms with E-state index in [9.17, 15) is 9.59 Å². The molecule has 3 saturated heterocycles. The van der Waals surface area contributed by atoms with Crippen molar-refractivity contribution in [1.29, 1.82) is 0 Å². The summed E-state index contributed by atoms with van der Waals surface area (Å²) in [5.41, 5.74) is 2.47. The molecular formula is C17H26N3O3+. The van der Waals surface area contributed by atoms with E-state index in [0.717, 1.165) is 43.8 Å². The molecule has 4 heterocycles. The van der Waals surface area contributed by atoms with Gasteiger partial charge in [-0.05, 0) is 26.3 Å². The number of ether oxygens (including phenoxy) is 1. The van der Waals surface area contributed by atoms with Crippen molar-refractivity contribution in [2.75, 3.05) is 46.4 Å². The highest BCUT2D eigenvalue weighted by Crippen LogP contribution is 2.27. The number of nitrogens with zero attached hydrogens (tertiary/aromatic N) is 2. The molecule has 1 aromatic heterocycles. The SMILES string of the molecule is COC(=O)c1c(C)[nH]c(C(=O)[C@@H](C)[N+]23CCN(CC2)CC3)c1C. The number of quaternary nitrogens is 1. The highest BCUT2D eigenvalue weighted by Gasteiger charge is 2.46. The quantitative estimate of drug-likeness (QED) is 0.513. The Morgan fingerprint density at radius 1 is 1.17 bits per heavy atom. The number of rotatable bonds is 4. The standard InChI is InChI=1S/C17H25N3O3/c1-11-14(17(22)23-4)12(2)18-15(11)16(21)13(3)20-8-5-19(6-9-20)7-10-20/h13H,5-10H2,1-4H3/p+1/t13-/m1/s1. The maximum absolute atomic E-state index is 13.1. The Hall–Kier alpha value is -1.66. The fourth-order valence-electron chi connectivity index (χ4n) is 4.14. The van der Waals surface area contributed by atoms with Gasteiger partial charge in [-0.15, -0.1) is 0 Å². The lowest BCUT2D eigenvalue weighted by Crippen LogP contribution is -2.71. The Morgan fingerprint density at radius 3 is 2.26 bits per heavy atom. The number of Topliss-reactive ketones (excluding diaryl/α,β-unsaturated/α-hetero) is 1. The van der Waals surface area contributed by atoms with Gasteiger partial charge in [-0.25, -0.2) is 4.79 Å². The average molecular weight is 320 g/mol. The summed E-state index contributed by atoms with van der Waals surface area (Å²) >= 11 is 0. The molecule has 126 valence electrons. The lowest BCUT2D eigenvalue weighted by atomic mass is 9.99. The van der Waals surface area contributed by atoms with Crippen molar-refractivity contribution >= 4 is 11.8 Å². The summed E-state index contributed by atoms with van der Waals surface area (Å²) in [5, 5.41) is 0. The van der Waals surface area contributed by atoms with Gasteiger partial charge in [-0.2, -0.15) is 0 Å². The van der Waals surface area contributed by atoms with Crippen LogP contribution >= 0.6 is 0 Å². The van der Waals surface area contributed by atoms with Crippen molar-refractivity contribution in [3.8, 4) is 0 Å². The molecule has 0 amide bonds. The average Bonchev–Trinajstić information content (AvgIpc) is 2.89. The van der Waals surface area contributed by atoms with E-state index in [1.54, 1.807) is 0 Å². The van der Waals surface area contributed by atoms with Gasteiger partial charge in [-0.3, -0.25) is 9.69 Å². The van der Waals surface area contributed by atoms with Crippen LogP contribution in [0.4, 0.5) is 0 Å². The van der Waals surface area contributed by atoms with Crippen LogP contribution in [-0.2, 0) is 4.74 Å². The van der Waals surface area contributed by atoms with Crippen LogP contribution in [0.3, 0.4) is 0 Å². The van der Waals surface area contributed by atoms with Crippen LogP contribution < -0.4 is 0 Å². The van der Waals surface area contributed by atoms with Gasteiger partial charge in [0.15, 0.2) is 6.04 Å². The minimum absolute atomic E-state index is 0.0836. The third kappa shape index (κ3) is 2.50. The predicted molar refractivity (Wildman–Crippen MR) is 86.7 cm³/mol. The topological polar surface area (TPSA) is 62.4 Å². The molecule has 1 N–H and O–H groups in total. The van der Waals surface area contributed by atoms with Crippen LogP contribution in [0.15, 0.2) is 0 Å². The van der Waals surface area contributed by atoms with E-state index in [1.165, 1.54) is 7.11 Å². The zero-order valence-electron chi connectivity index (χ0n) is 14.4. The Kier molecular flexibility index (Phi) is 4.06. The lowest BCUT2D eigenvalue weighted by Gasteiger charge is -2.53. The van der Waals surface area contributed by atoms with Crippen LogP contribution in [-0.4, -0.2) is 78.5 Å². The maximum Gasteiger partial charge on any atom is 0.339 e. The molecular weight excluding hydrogens is 294 g/mol. The van der Waals surface area contributed by atoms with Crippen LogP contribution in [0.1, 0.15) is 39.0 Å². The van der Waals surface area contributed by atoms with E-state index in [4.69, 9.17) is 4.74 Å². The summed E-state index contributed by atoms with van der Waals surface area (Å²) in [4.78, 5) is 30.6. The summed E-state index contributed by atoms with van der Waals surface area (Å²) in [6.07, 6.45) is 0. The molecule has 2 bridgehead atoms. The van der Waals surface area contributed by atoms with Crippen LogP contribution in [0, 0.1) is 13.8 Å². The van der Waals surface area contributed by atoms with Gasteiger partial charge >= 0.3 is 5.97 Å². The number of aryl methyl sites for hydroxylation is 1. The van der Waals surface area contributed by atoms with Gasteiger partial charge in [0.05, 0.1) is 38.0 Å². The Balaban J connectivity index is 1.90. The van der Waals surface area contributed by atoms with Gasteiger partial charge in [0.2, 0.25) is 5.78 Å². The first-order valence-electron chi connectivity index (χ1n) is 8.29. The van der Waals surface area contributed by atoms with Crippen molar-refractivity contribution in [1.82, 2.24) is 9.88 Å². The molecule has 23 heavy (non-hydrogen) atoms. The second-order valence-corrected chi connectivity index (χ2v) is 6.89. The number of H-pyrrole nitrogens is 1. The maximum atomic E-state index is 13.1. The number of hydrogen-bond donors (Lipinski definition) is 1. The van der Waals surface area contributed by atoms with Crippen molar-refractivity contribution < 1.29 is 18.8 Å². The number of carbonyl (C=O) groups excluding carboxylic acids is 2. The molecule has 1 atom stereocenters. The van der Waals surface area contributed by atoms with Gasteiger partial charge < -0.3 is 14.2 Å². The number of carbonyl (C=O) groups is 2. The second kappa shape index (κ2) is 5.76. The van der Waals surface area contributed by atoms with E-state index in [-0.39, 0.29) is 17.8 Å². The summed E-state index contributed by atoms with van der Waals surface area (Å²) in [5.74, 6) is -0.280. The highest BCUT2D eigenvalue weighted by atomic mass is 16.5. The third-order valence-corrected chi connectivity index (χ3v) is 5.86. The number of ketones is 1. The molecule has 6 heteroatoms. The minimum Gasteiger partial charge on any atom is -0.465 e. The molecule has 3 aliphatic rings. The van der Waals surface area contributed by atoms with Crippen LogP contribution in [0.5, 0.6) is 0 Å². The normalized spacial score (nSPS) is 27.7. The molecule has 3 aliphatic heterocycles. The lowest BCUT2D eigenvalue weighted by molar-refractivity contribution is -0.952. The molecule has 0 aromatic carbocycles. The summed E-state index contributed by atoms with van der Waals surface area (Å²) in [7, 11) is 1.37. The van der Waals surface area contributed by atoms with Crippen molar-refractivity contribution in [2.45, 2.75) is 26.8 Å². The first-order valence-corrected chi connectivity index (χ1v) is 8.29. The van der Waals surface area contributed by atoms with Crippen LogP contribution in [0.25, 0.3) is 0 Å². The number of aromatic amines is 1. The first-order chi connectivity index (χ1) is 10.9. The van der Waals surface area contributed by atoms with Crippen molar-refractivity contribution in [3.05, 3.63) is 22.5 Å². The molecule has 0 spiro atoms. The number of nitrogens with one attached hydrogen (secondary N) is 1. The van der Waals surface area contributed by atoms with Crippen LogP contribution in [0.2, 0.25) is 0 Å². The monoisotopic (exact) mass is 320 g/mol. The molecule has 3 fully saturated rings. The van der Waals surface area contributed by atoms with E-state index < -0.39 is 0 Å². The number of fused-ring (bicyclic) bond motifs is 3. The molecule has 6 nitrogen and oxygen atoms in total. The fraction of sp³-hybridized carbons (Fsp3) is 0.647. The van der Waals surface area contributed by atoms with Crippen molar-refractivity contribution in [3.63, 3.8) is 0 Å². The zero-order chi connectivity index (χ0) is 16.8. The smallest absolute Gasteiger partial charge is 0.339 e. The highest BCUT2D eigenvalue weighted by molar-refractivity contribution is 6.03. The largest absolute Gasteiger partial charge is 0.465 e. The minimum atomic E-state index is -0.387. The number of aromatic nitrogens is 1. The summed E-state index contributed by atoms with van der Waals surface area (Å²) in [6.45, 7) is 12.0.